The summed E-state index contributed by atoms with van der Waals surface area (Å²) in [5, 5.41) is 32.1. The van der Waals surface area contributed by atoms with Crippen molar-refractivity contribution in [2.24, 2.45) is 0 Å². The van der Waals surface area contributed by atoms with Crippen LogP contribution < -0.4 is 5.32 Å². The maximum Gasteiger partial charge on any atom is 0.289 e. The van der Waals surface area contributed by atoms with E-state index in [0.717, 1.165) is 6.20 Å². The molecule has 0 aromatic carbocycles. The van der Waals surface area contributed by atoms with Crippen LogP contribution in [0.4, 0.5) is 11.5 Å². The Balaban J connectivity index is 3.15. The number of nitrogens with zero attached hydrogens (tertiary/aromatic N) is 3. The zero-order valence-electron chi connectivity index (χ0n) is 10.9. The number of aliphatic hydroxyl groups is 1. The van der Waals surface area contributed by atoms with Crippen LogP contribution in [0, 0.1) is 21.4 Å². The number of hydrogen-bond donors (Lipinski definition) is 2. The van der Waals surface area contributed by atoms with Gasteiger partial charge in [0.1, 0.15) is 23.6 Å². The average molecular weight is 264 g/mol. The molecule has 19 heavy (non-hydrogen) atoms. The first kappa shape index (κ1) is 14.9. The summed E-state index contributed by atoms with van der Waals surface area (Å²) in [6, 6.07) is 3.04. The number of pyridine rings is 1. The zero-order chi connectivity index (χ0) is 14.5. The second-order valence-electron chi connectivity index (χ2n) is 4.23. The third kappa shape index (κ3) is 3.17. The van der Waals surface area contributed by atoms with Gasteiger partial charge in [-0.3, -0.25) is 10.1 Å². The van der Waals surface area contributed by atoms with Crippen LogP contribution in [0.5, 0.6) is 0 Å². The Morgan fingerprint density at radius 3 is 2.63 bits per heavy atom. The molecule has 0 saturated heterocycles. The van der Waals surface area contributed by atoms with Crippen molar-refractivity contribution in [1.82, 2.24) is 4.98 Å². The Bertz CT molecular complexity index is 498. The number of nitrogens with one attached hydrogen (secondary N) is 1. The Morgan fingerprint density at radius 2 is 2.21 bits per heavy atom. The Kier molecular flexibility index (Phi) is 4.78. The van der Waals surface area contributed by atoms with Crippen molar-refractivity contribution < 1.29 is 10.0 Å². The van der Waals surface area contributed by atoms with Crippen molar-refractivity contribution in [2.45, 2.75) is 32.2 Å². The molecule has 0 unspecified atom stereocenters. The van der Waals surface area contributed by atoms with Gasteiger partial charge >= 0.3 is 0 Å². The minimum absolute atomic E-state index is 0.0916. The maximum atomic E-state index is 10.6. The van der Waals surface area contributed by atoms with Crippen molar-refractivity contribution in [3.63, 3.8) is 0 Å². The van der Waals surface area contributed by atoms with Gasteiger partial charge in [-0.05, 0) is 12.8 Å². The molecule has 0 aliphatic carbocycles. The summed E-state index contributed by atoms with van der Waals surface area (Å²) in [6.07, 6.45) is 2.38. The second kappa shape index (κ2) is 6.11. The molecule has 0 bridgehead atoms. The Morgan fingerprint density at radius 1 is 1.58 bits per heavy atom. The van der Waals surface area contributed by atoms with E-state index in [-0.39, 0.29) is 23.7 Å². The molecule has 0 aliphatic rings. The summed E-state index contributed by atoms with van der Waals surface area (Å²) >= 11 is 0. The summed E-state index contributed by atoms with van der Waals surface area (Å²) in [5.41, 5.74) is -0.715. The van der Waals surface area contributed by atoms with Crippen LogP contribution in [0.2, 0.25) is 0 Å². The minimum atomic E-state index is -0.601. The second-order valence-corrected chi connectivity index (χ2v) is 4.23. The zero-order valence-corrected chi connectivity index (χ0v) is 10.9. The molecular weight excluding hydrogens is 248 g/mol. The summed E-state index contributed by atoms with van der Waals surface area (Å²) in [5.74, 6) is 0.255. The summed E-state index contributed by atoms with van der Waals surface area (Å²) < 4.78 is 0. The van der Waals surface area contributed by atoms with Crippen molar-refractivity contribution in [3.8, 4) is 6.07 Å². The van der Waals surface area contributed by atoms with Crippen LogP contribution in [0.3, 0.4) is 0 Å². The SMILES string of the molecule is CCC(CC)(CO)Nc1ncc([N+](=O)[O-])cc1C#N. The molecular formula is C12H16N4O3. The van der Waals surface area contributed by atoms with E-state index < -0.39 is 10.5 Å². The standard InChI is InChI=1S/C12H16N4O3/c1-3-12(4-2,8-17)15-11-9(6-13)5-10(7-14-11)16(18)19/h5,7,17H,3-4,8H2,1-2H3,(H,14,15). The first-order chi connectivity index (χ1) is 9.01. The van der Waals surface area contributed by atoms with Crippen molar-refractivity contribution in [3.05, 3.63) is 27.9 Å². The summed E-state index contributed by atoms with van der Waals surface area (Å²) in [7, 11) is 0. The minimum Gasteiger partial charge on any atom is -0.394 e. The number of nitriles is 1. The molecule has 102 valence electrons. The van der Waals surface area contributed by atoms with Gasteiger partial charge < -0.3 is 10.4 Å². The summed E-state index contributed by atoms with van der Waals surface area (Å²) in [4.78, 5) is 13.9. The van der Waals surface area contributed by atoms with E-state index in [1.54, 1.807) is 0 Å². The van der Waals surface area contributed by atoms with Crippen LogP contribution in [-0.4, -0.2) is 27.2 Å². The topological polar surface area (TPSA) is 112 Å². The van der Waals surface area contributed by atoms with Crippen LogP contribution >= 0.6 is 0 Å². The number of rotatable bonds is 6. The highest BCUT2D eigenvalue weighted by atomic mass is 16.6. The molecule has 7 heteroatoms. The van der Waals surface area contributed by atoms with E-state index in [4.69, 9.17) is 5.26 Å². The summed E-state index contributed by atoms with van der Waals surface area (Å²) in [6.45, 7) is 3.71. The van der Waals surface area contributed by atoms with Gasteiger partial charge in [0.25, 0.3) is 5.69 Å². The predicted molar refractivity (Wildman–Crippen MR) is 69.6 cm³/mol. The van der Waals surface area contributed by atoms with Gasteiger partial charge in [0.2, 0.25) is 0 Å². The van der Waals surface area contributed by atoms with E-state index >= 15 is 0 Å². The van der Waals surface area contributed by atoms with E-state index in [2.05, 4.69) is 10.3 Å². The molecule has 0 radical (unpaired) electrons. The quantitative estimate of drug-likeness (QED) is 0.598. The smallest absolute Gasteiger partial charge is 0.289 e. The van der Waals surface area contributed by atoms with E-state index in [1.807, 2.05) is 19.9 Å². The molecule has 0 amide bonds. The number of hydrogen-bond acceptors (Lipinski definition) is 6. The molecule has 1 rings (SSSR count). The molecule has 0 saturated carbocycles. The number of nitro groups is 1. The third-order valence-corrected chi connectivity index (χ3v) is 3.24. The molecule has 1 aromatic rings. The molecule has 1 aromatic heterocycles. The van der Waals surface area contributed by atoms with Crippen LogP contribution in [0.15, 0.2) is 12.3 Å². The average Bonchev–Trinajstić information content (AvgIpc) is 2.44. The predicted octanol–water partition coefficient (Wildman–Crippen LogP) is 1.82. The normalized spacial score (nSPS) is 10.8. The fourth-order valence-electron chi connectivity index (χ4n) is 1.68. The van der Waals surface area contributed by atoms with E-state index in [9.17, 15) is 15.2 Å². The van der Waals surface area contributed by atoms with E-state index in [1.165, 1.54) is 6.07 Å². The Labute approximate surface area is 111 Å². The van der Waals surface area contributed by atoms with Crippen molar-refractivity contribution in [2.75, 3.05) is 11.9 Å². The first-order valence-electron chi connectivity index (χ1n) is 5.95. The number of aromatic nitrogens is 1. The van der Waals surface area contributed by atoms with Gasteiger partial charge in [-0.1, -0.05) is 13.8 Å². The fourth-order valence-corrected chi connectivity index (χ4v) is 1.68. The fraction of sp³-hybridized carbons (Fsp3) is 0.500. The van der Waals surface area contributed by atoms with Crippen LogP contribution in [0.25, 0.3) is 0 Å². The highest BCUT2D eigenvalue weighted by Gasteiger charge is 2.27. The first-order valence-corrected chi connectivity index (χ1v) is 5.95. The lowest BCUT2D eigenvalue weighted by Gasteiger charge is -2.31. The van der Waals surface area contributed by atoms with E-state index in [0.29, 0.717) is 12.8 Å². The number of anilines is 1. The maximum absolute atomic E-state index is 10.6. The van der Waals surface area contributed by atoms with Crippen molar-refractivity contribution >= 4 is 11.5 Å². The Hall–Kier alpha value is -2.20. The van der Waals surface area contributed by atoms with Gasteiger partial charge in [-0.25, -0.2) is 4.98 Å². The highest BCUT2D eigenvalue weighted by Crippen LogP contribution is 2.25. The van der Waals surface area contributed by atoms with Gasteiger partial charge in [-0.2, -0.15) is 5.26 Å². The monoisotopic (exact) mass is 264 g/mol. The molecule has 0 fully saturated rings. The van der Waals surface area contributed by atoms with Gasteiger partial charge in [0, 0.05) is 6.07 Å². The largest absolute Gasteiger partial charge is 0.394 e. The molecule has 1 heterocycles. The molecule has 7 nitrogen and oxygen atoms in total. The third-order valence-electron chi connectivity index (χ3n) is 3.24. The van der Waals surface area contributed by atoms with Crippen molar-refractivity contribution in [1.29, 1.82) is 5.26 Å². The number of aliphatic hydroxyl groups excluding tert-OH is 1. The van der Waals surface area contributed by atoms with Gasteiger partial charge in [0.15, 0.2) is 0 Å². The van der Waals surface area contributed by atoms with Crippen LogP contribution in [-0.2, 0) is 0 Å². The lowest BCUT2D eigenvalue weighted by Crippen LogP contribution is -2.41. The molecule has 0 atom stereocenters. The van der Waals surface area contributed by atoms with Crippen LogP contribution in [0.1, 0.15) is 32.3 Å². The molecule has 0 aliphatic heterocycles. The molecule has 2 N–H and O–H groups in total. The highest BCUT2D eigenvalue weighted by molar-refractivity contribution is 5.56. The lowest BCUT2D eigenvalue weighted by molar-refractivity contribution is -0.385. The van der Waals surface area contributed by atoms with Gasteiger partial charge in [-0.15, -0.1) is 0 Å². The van der Waals surface area contributed by atoms with Gasteiger partial charge in [0.05, 0.1) is 17.1 Å². The lowest BCUT2D eigenvalue weighted by atomic mass is 9.93. The molecule has 0 spiro atoms.